The van der Waals surface area contributed by atoms with Crippen molar-refractivity contribution in [2.75, 3.05) is 4.72 Å². The second-order valence-electron chi connectivity index (χ2n) is 4.43. The molecule has 8 heteroatoms. The van der Waals surface area contributed by atoms with Gasteiger partial charge in [-0.2, -0.15) is 8.42 Å². The van der Waals surface area contributed by atoms with Crippen molar-refractivity contribution in [3.05, 3.63) is 41.2 Å². The van der Waals surface area contributed by atoms with Gasteiger partial charge in [-0.25, -0.2) is 4.79 Å². The van der Waals surface area contributed by atoms with E-state index in [1.165, 1.54) is 6.07 Å². The van der Waals surface area contributed by atoms with Crippen LogP contribution in [0.4, 0.5) is 5.69 Å². The molecule has 0 fully saturated rings. The molecule has 0 radical (unpaired) electrons. The lowest BCUT2D eigenvalue weighted by molar-refractivity contribution is 0.0656. The van der Waals surface area contributed by atoms with Crippen molar-refractivity contribution in [3.63, 3.8) is 0 Å². The minimum absolute atomic E-state index is 0.0131. The van der Waals surface area contributed by atoms with Crippen LogP contribution in [0.2, 0.25) is 0 Å². The van der Waals surface area contributed by atoms with E-state index in [1.807, 2.05) is 0 Å². The Morgan fingerprint density at radius 3 is 2.43 bits per heavy atom. The smallest absolute Gasteiger partial charge is 0.371 e. The molecule has 0 aliphatic heterocycles. The first-order chi connectivity index (χ1) is 9.72. The first kappa shape index (κ1) is 14.9. The predicted octanol–water partition coefficient (Wildman–Crippen LogP) is 2.10. The Balaban J connectivity index is 2.37. The molecule has 2 rings (SSSR count). The number of rotatable bonds is 4. The van der Waals surface area contributed by atoms with Crippen LogP contribution < -0.4 is 4.72 Å². The van der Waals surface area contributed by atoms with Gasteiger partial charge in [0, 0.05) is 5.56 Å². The van der Waals surface area contributed by atoms with Gasteiger partial charge in [-0.3, -0.25) is 4.72 Å². The minimum atomic E-state index is -4.07. The molecular formula is C13H13NO6S. The highest BCUT2D eigenvalue weighted by atomic mass is 32.2. The van der Waals surface area contributed by atoms with Gasteiger partial charge in [-0.15, -0.1) is 0 Å². The van der Waals surface area contributed by atoms with Gasteiger partial charge < -0.3 is 14.6 Å². The van der Waals surface area contributed by atoms with E-state index < -0.39 is 26.8 Å². The molecular weight excluding hydrogens is 298 g/mol. The molecule has 7 nitrogen and oxygen atoms in total. The average Bonchev–Trinajstić information content (AvgIpc) is 2.90. The van der Waals surface area contributed by atoms with E-state index in [0.717, 1.165) is 12.1 Å². The zero-order chi connectivity index (χ0) is 15.8. The molecule has 0 unspecified atom stereocenters. The maximum Gasteiger partial charge on any atom is 0.371 e. The summed E-state index contributed by atoms with van der Waals surface area (Å²) in [5.41, 5.74) is 1.16. The summed E-state index contributed by atoms with van der Waals surface area (Å²) in [5, 5.41) is 18.0. The molecule has 0 bridgehead atoms. The monoisotopic (exact) mass is 311 g/mol. The Bertz CT molecular complexity index is 806. The number of hydrogen-bond donors (Lipinski definition) is 3. The van der Waals surface area contributed by atoms with E-state index in [0.29, 0.717) is 11.1 Å². The fraction of sp³-hybridized carbons (Fsp3) is 0.154. The number of hydrogen-bond acceptors (Lipinski definition) is 5. The number of nitrogens with one attached hydrogen (secondary N) is 1. The lowest BCUT2D eigenvalue weighted by Crippen LogP contribution is -2.13. The first-order valence-corrected chi connectivity index (χ1v) is 7.36. The third kappa shape index (κ3) is 2.84. The van der Waals surface area contributed by atoms with Gasteiger partial charge >= 0.3 is 5.97 Å². The van der Waals surface area contributed by atoms with Crippen LogP contribution in [0.25, 0.3) is 0 Å². The van der Waals surface area contributed by atoms with E-state index in [2.05, 4.69) is 4.72 Å². The van der Waals surface area contributed by atoms with Gasteiger partial charge in [-0.05, 0) is 37.6 Å². The molecule has 21 heavy (non-hydrogen) atoms. The largest absolute Gasteiger partial charge is 0.507 e. The lowest BCUT2D eigenvalue weighted by Gasteiger charge is -2.11. The molecule has 0 atom stereocenters. The average molecular weight is 311 g/mol. The Kier molecular flexibility index (Phi) is 3.65. The van der Waals surface area contributed by atoms with Crippen molar-refractivity contribution < 1.29 is 27.8 Å². The van der Waals surface area contributed by atoms with Crippen LogP contribution in [0.5, 0.6) is 5.75 Å². The van der Waals surface area contributed by atoms with Crippen LogP contribution in [-0.4, -0.2) is 24.6 Å². The molecule has 1 heterocycles. The zero-order valence-electron chi connectivity index (χ0n) is 11.2. The molecule has 2 aromatic rings. The van der Waals surface area contributed by atoms with Gasteiger partial charge in [-0.1, -0.05) is 6.07 Å². The van der Waals surface area contributed by atoms with E-state index >= 15 is 0 Å². The summed E-state index contributed by atoms with van der Waals surface area (Å²) >= 11 is 0. The quantitative estimate of drug-likeness (QED) is 0.796. The Morgan fingerprint density at radius 1 is 1.19 bits per heavy atom. The number of carboxylic acid groups (broad SMARTS) is 1. The summed E-state index contributed by atoms with van der Waals surface area (Å²) in [5.74, 6) is -1.85. The van der Waals surface area contributed by atoms with Crippen LogP contribution >= 0.6 is 0 Å². The Labute approximate surface area is 120 Å². The highest BCUT2D eigenvalue weighted by Gasteiger charge is 2.22. The van der Waals surface area contributed by atoms with Crippen LogP contribution in [0, 0.1) is 13.8 Å². The van der Waals surface area contributed by atoms with Crippen LogP contribution in [0.3, 0.4) is 0 Å². The van der Waals surface area contributed by atoms with E-state index in [9.17, 15) is 18.3 Å². The van der Waals surface area contributed by atoms with Gasteiger partial charge in [0.15, 0.2) is 0 Å². The van der Waals surface area contributed by atoms with Crippen molar-refractivity contribution in [1.29, 1.82) is 0 Å². The molecule has 0 aliphatic rings. The molecule has 0 aliphatic carbocycles. The highest BCUT2D eigenvalue weighted by Crippen LogP contribution is 2.29. The predicted molar refractivity (Wildman–Crippen MR) is 74.1 cm³/mol. The molecule has 0 saturated carbocycles. The summed E-state index contributed by atoms with van der Waals surface area (Å²) < 4.78 is 31.2. The second kappa shape index (κ2) is 5.13. The summed E-state index contributed by atoms with van der Waals surface area (Å²) in [7, 11) is -4.07. The SMILES string of the molecule is Cc1ccc(NS(=O)(=O)c2ccc(C(=O)O)o2)c(C)c1O. The lowest BCUT2D eigenvalue weighted by atomic mass is 10.1. The number of aromatic carboxylic acids is 1. The molecule has 0 amide bonds. The summed E-state index contributed by atoms with van der Waals surface area (Å²) in [6.45, 7) is 3.25. The summed E-state index contributed by atoms with van der Waals surface area (Å²) in [4.78, 5) is 10.7. The summed E-state index contributed by atoms with van der Waals surface area (Å²) in [6, 6.07) is 5.17. The van der Waals surface area contributed by atoms with E-state index in [1.54, 1.807) is 19.9 Å². The number of phenols is 1. The van der Waals surface area contributed by atoms with Gasteiger partial charge in [0.2, 0.25) is 10.9 Å². The number of carbonyl (C=O) groups is 1. The standard InChI is InChI=1S/C13H13NO6S/c1-7-3-4-9(8(2)12(7)15)14-21(18,19)11-6-5-10(20-11)13(16)17/h3-6,14-15H,1-2H3,(H,16,17). The molecule has 3 N–H and O–H groups in total. The minimum Gasteiger partial charge on any atom is -0.507 e. The maximum absolute atomic E-state index is 12.1. The van der Waals surface area contributed by atoms with Crippen LogP contribution in [0.1, 0.15) is 21.7 Å². The molecule has 1 aromatic heterocycles. The van der Waals surface area contributed by atoms with Gasteiger partial charge in [0.1, 0.15) is 5.75 Å². The van der Waals surface area contributed by atoms with E-state index in [4.69, 9.17) is 9.52 Å². The third-order valence-electron chi connectivity index (χ3n) is 2.93. The fourth-order valence-electron chi connectivity index (χ4n) is 1.72. The molecule has 112 valence electrons. The number of carboxylic acids is 1. The van der Waals surface area contributed by atoms with Crippen molar-refractivity contribution in [2.24, 2.45) is 0 Å². The number of furan rings is 1. The molecule has 0 spiro atoms. The Morgan fingerprint density at radius 2 is 1.86 bits per heavy atom. The number of aryl methyl sites for hydroxylation is 1. The van der Waals surface area contributed by atoms with E-state index in [-0.39, 0.29) is 11.4 Å². The van der Waals surface area contributed by atoms with Crippen LogP contribution in [-0.2, 0) is 10.0 Å². The molecule has 1 aromatic carbocycles. The summed E-state index contributed by atoms with van der Waals surface area (Å²) in [6.07, 6.45) is 0. The third-order valence-corrected chi connectivity index (χ3v) is 4.17. The highest BCUT2D eigenvalue weighted by molar-refractivity contribution is 7.92. The van der Waals surface area contributed by atoms with Crippen molar-refractivity contribution in [2.45, 2.75) is 18.9 Å². The number of benzene rings is 1. The number of phenolic OH excluding ortho intramolecular Hbond substituents is 1. The second-order valence-corrected chi connectivity index (χ2v) is 6.05. The van der Waals surface area contributed by atoms with Crippen molar-refractivity contribution in [3.8, 4) is 5.75 Å². The Hall–Kier alpha value is -2.48. The number of aromatic hydroxyl groups is 1. The zero-order valence-corrected chi connectivity index (χ0v) is 12.1. The first-order valence-electron chi connectivity index (χ1n) is 5.87. The van der Waals surface area contributed by atoms with Crippen molar-refractivity contribution in [1.82, 2.24) is 0 Å². The maximum atomic E-state index is 12.1. The number of sulfonamides is 1. The normalized spacial score (nSPS) is 11.3. The van der Waals surface area contributed by atoms with Gasteiger partial charge in [0.25, 0.3) is 10.0 Å². The van der Waals surface area contributed by atoms with Crippen LogP contribution in [0.15, 0.2) is 33.8 Å². The molecule has 0 saturated heterocycles. The van der Waals surface area contributed by atoms with Gasteiger partial charge in [0.05, 0.1) is 5.69 Å². The van der Waals surface area contributed by atoms with Crippen molar-refractivity contribution >= 4 is 21.7 Å². The fourth-order valence-corrected chi connectivity index (χ4v) is 2.78. The topological polar surface area (TPSA) is 117 Å². The number of anilines is 1.